The van der Waals surface area contributed by atoms with Gasteiger partial charge in [0.15, 0.2) is 5.82 Å². The molecule has 3 fully saturated rings. The number of rotatable bonds is 5. The Hall–Kier alpha value is -3.28. The molecule has 1 aromatic carbocycles. The molecule has 2 unspecified atom stereocenters. The van der Waals surface area contributed by atoms with E-state index in [-0.39, 0.29) is 40.3 Å². The van der Waals surface area contributed by atoms with Gasteiger partial charge in [0.25, 0.3) is 5.56 Å². The number of aromatic nitrogens is 4. The minimum absolute atomic E-state index is 0.0833. The first-order chi connectivity index (χ1) is 17.6. The van der Waals surface area contributed by atoms with Crippen molar-refractivity contribution in [3.8, 4) is 17.0 Å². The van der Waals surface area contributed by atoms with Crippen LogP contribution in [0.2, 0.25) is 0 Å². The summed E-state index contributed by atoms with van der Waals surface area (Å²) in [7, 11) is 2.00. The Balaban J connectivity index is 1.30. The number of hydrogen-bond donors (Lipinski definition) is 1. The summed E-state index contributed by atoms with van der Waals surface area (Å²) in [5.41, 5.74) is -0.228. The van der Waals surface area contributed by atoms with Gasteiger partial charge in [-0.2, -0.15) is 13.2 Å². The Morgan fingerprint density at radius 3 is 2.59 bits per heavy atom. The van der Waals surface area contributed by atoms with E-state index in [1.165, 1.54) is 6.07 Å². The van der Waals surface area contributed by atoms with Gasteiger partial charge in [-0.05, 0) is 63.4 Å². The van der Waals surface area contributed by atoms with E-state index in [2.05, 4.69) is 25.0 Å². The first-order valence-corrected chi connectivity index (χ1v) is 12.4. The van der Waals surface area contributed by atoms with Gasteiger partial charge in [-0.15, -0.1) is 10.2 Å². The lowest BCUT2D eigenvalue weighted by molar-refractivity contribution is -0.141. The molecule has 3 aromatic rings. The zero-order valence-electron chi connectivity index (χ0n) is 20.1. The Morgan fingerprint density at radius 1 is 1.14 bits per heavy atom. The van der Waals surface area contributed by atoms with Crippen LogP contribution in [0.1, 0.15) is 32.1 Å². The van der Waals surface area contributed by atoms with E-state index in [1.54, 1.807) is 12.1 Å². The molecule has 1 N–H and O–H groups in total. The molecule has 8 nitrogen and oxygen atoms in total. The lowest BCUT2D eigenvalue weighted by Gasteiger charge is -2.44. The summed E-state index contributed by atoms with van der Waals surface area (Å²) >= 11 is 0. The minimum Gasteiger partial charge on any atom is -0.507 e. The van der Waals surface area contributed by atoms with Gasteiger partial charge >= 0.3 is 6.18 Å². The van der Waals surface area contributed by atoms with Crippen LogP contribution >= 0.6 is 0 Å². The van der Waals surface area contributed by atoms with E-state index in [0.717, 1.165) is 44.5 Å². The largest absolute Gasteiger partial charge is 0.507 e. The average molecular weight is 519 g/mol. The second kappa shape index (κ2) is 8.64. The molecule has 2 aromatic heterocycles. The molecule has 2 saturated heterocycles. The summed E-state index contributed by atoms with van der Waals surface area (Å²) in [6, 6.07) is 6.16. The molecule has 4 atom stereocenters. The predicted octanol–water partition coefficient (Wildman–Crippen LogP) is 3.66. The third-order valence-corrected chi connectivity index (χ3v) is 7.92. The van der Waals surface area contributed by atoms with Gasteiger partial charge in [-0.1, -0.05) is 0 Å². The summed E-state index contributed by atoms with van der Waals surface area (Å²) < 4.78 is 54.3. The van der Waals surface area contributed by atoms with Crippen LogP contribution in [0.15, 0.2) is 35.4 Å². The fraction of sp³-hybridized carbons (Fsp3) is 0.520. The van der Waals surface area contributed by atoms with Gasteiger partial charge in [0.05, 0.1) is 29.0 Å². The molecule has 196 valence electrons. The van der Waals surface area contributed by atoms with Crippen LogP contribution in [0.5, 0.6) is 5.75 Å². The molecule has 37 heavy (non-hydrogen) atoms. The Kier molecular flexibility index (Phi) is 5.62. The number of benzene rings is 1. The summed E-state index contributed by atoms with van der Waals surface area (Å²) in [6.45, 7) is -1.47. The van der Waals surface area contributed by atoms with Crippen LogP contribution < -0.4 is 10.5 Å². The average Bonchev–Trinajstić information content (AvgIpc) is 3.64. The van der Waals surface area contributed by atoms with Gasteiger partial charge in [-0.25, -0.2) is 9.37 Å². The lowest BCUT2D eigenvalue weighted by atomic mass is 9.94. The minimum atomic E-state index is -4.58. The second-order valence-electron chi connectivity index (χ2n) is 10.3. The maximum atomic E-state index is 15.6. The number of hydrogen-bond acceptors (Lipinski definition) is 7. The summed E-state index contributed by atoms with van der Waals surface area (Å²) in [5.74, 6) is 0.254. The zero-order chi connectivity index (χ0) is 26.1. The fourth-order valence-corrected chi connectivity index (χ4v) is 5.93. The van der Waals surface area contributed by atoms with Gasteiger partial charge in [-0.3, -0.25) is 14.3 Å². The maximum absolute atomic E-state index is 15.6. The van der Waals surface area contributed by atoms with Crippen molar-refractivity contribution >= 4 is 16.7 Å². The van der Waals surface area contributed by atoms with Crippen LogP contribution in [-0.2, 0) is 6.54 Å². The van der Waals surface area contributed by atoms with Crippen LogP contribution in [0, 0.1) is 0 Å². The summed E-state index contributed by atoms with van der Waals surface area (Å²) in [5, 5.41) is 19.1. The zero-order valence-corrected chi connectivity index (χ0v) is 20.1. The highest BCUT2D eigenvalue weighted by Gasteiger charge is 2.50. The molecule has 2 bridgehead atoms. The molecule has 4 heterocycles. The summed E-state index contributed by atoms with van der Waals surface area (Å²) in [4.78, 5) is 20.7. The molecule has 2 aliphatic heterocycles. The number of phenols is 1. The molecule has 1 aliphatic carbocycles. The first-order valence-electron chi connectivity index (χ1n) is 12.4. The van der Waals surface area contributed by atoms with Gasteiger partial charge in [0, 0.05) is 23.7 Å². The third kappa shape index (κ3) is 4.30. The van der Waals surface area contributed by atoms with Crippen LogP contribution in [0.3, 0.4) is 0 Å². The maximum Gasteiger partial charge on any atom is 0.406 e. The quantitative estimate of drug-likeness (QED) is 0.516. The topological polar surface area (TPSA) is 87.4 Å². The van der Waals surface area contributed by atoms with E-state index in [4.69, 9.17) is 0 Å². The van der Waals surface area contributed by atoms with Crippen LogP contribution in [-0.4, -0.2) is 73.3 Å². The molecule has 1 saturated carbocycles. The van der Waals surface area contributed by atoms with Crippen molar-refractivity contribution < 1.29 is 22.7 Å². The fourth-order valence-electron chi connectivity index (χ4n) is 5.93. The van der Waals surface area contributed by atoms with Crippen molar-refractivity contribution in [2.75, 3.05) is 11.9 Å². The molecule has 0 radical (unpaired) electrons. The summed E-state index contributed by atoms with van der Waals surface area (Å²) in [6.07, 6.45) is -0.191. The van der Waals surface area contributed by atoms with Crippen molar-refractivity contribution in [2.24, 2.45) is 0 Å². The molecular formula is C25H26F4N6O2. The Labute approximate surface area is 209 Å². The molecule has 0 spiro atoms. The van der Waals surface area contributed by atoms with E-state index >= 15 is 4.39 Å². The van der Waals surface area contributed by atoms with E-state index in [1.807, 2.05) is 7.05 Å². The van der Waals surface area contributed by atoms with E-state index in [0.29, 0.717) is 22.1 Å². The Morgan fingerprint density at radius 2 is 1.92 bits per heavy atom. The van der Waals surface area contributed by atoms with Gasteiger partial charge in [0.1, 0.15) is 18.5 Å². The lowest BCUT2D eigenvalue weighted by Crippen LogP contribution is -2.57. The number of nitrogens with zero attached hydrogens (tertiary/aromatic N) is 6. The molecule has 3 aliphatic rings. The van der Waals surface area contributed by atoms with E-state index < -0.39 is 24.5 Å². The predicted molar refractivity (Wildman–Crippen MR) is 128 cm³/mol. The number of fused-ring (bicyclic) bond motifs is 3. The van der Waals surface area contributed by atoms with Gasteiger partial charge < -0.3 is 10.0 Å². The highest BCUT2D eigenvalue weighted by Crippen LogP contribution is 2.43. The highest BCUT2D eigenvalue weighted by molar-refractivity contribution is 5.86. The molecule has 0 amide bonds. The second-order valence-corrected chi connectivity index (χ2v) is 10.3. The van der Waals surface area contributed by atoms with Crippen LogP contribution in [0.25, 0.3) is 22.2 Å². The monoisotopic (exact) mass is 518 g/mol. The van der Waals surface area contributed by atoms with Crippen molar-refractivity contribution in [1.82, 2.24) is 24.6 Å². The number of halogens is 4. The Bertz CT molecular complexity index is 1390. The smallest absolute Gasteiger partial charge is 0.406 e. The molecule has 6 rings (SSSR count). The molecular weight excluding hydrogens is 492 g/mol. The normalized spacial score (nSPS) is 26.1. The molecule has 12 heteroatoms. The number of phenolic OH excluding ortho intramolecular Hbond substituents is 1. The van der Waals surface area contributed by atoms with E-state index in [9.17, 15) is 23.1 Å². The van der Waals surface area contributed by atoms with Crippen LogP contribution in [0.4, 0.5) is 23.4 Å². The van der Waals surface area contributed by atoms with Crippen molar-refractivity contribution in [3.63, 3.8) is 0 Å². The number of anilines is 1. The van der Waals surface area contributed by atoms with Gasteiger partial charge in [0.2, 0.25) is 0 Å². The SMILES string of the molecule is CN1C2CCC1[C@@H](F)[C@@H](N(c1ccc(-c3cc4ncn(CC(F)(F)F)c(=O)c4cc3O)nn1)C1CC1)C2. The first kappa shape index (κ1) is 24.1. The number of aromatic hydroxyl groups is 1. The number of alkyl halides is 4. The third-order valence-electron chi connectivity index (χ3n) is 7.92. The van der Waals surface area contributed by atoms with Crippen molar-refractivity contribution in [3.05, 3.63) is 40.9 Å². The number of piperidine rings is 1. The van der Waals surface area contributed by atoms with Crippen molar-refractivity contribution in [1.29, 1.82) is 0 Å². The van der Waals surface area contributed by atoms with Crippen molar-refractivity contribution in [2.45, 2.75) is 75.2 Å². The standard InChI is InChI=1S/C25H26F4N6O2/c1-33-14-4-6-19(33)23(26)20(8-14)35(13-2-3-13)22-7-5-17(31-32-22)15-9-18-16(10-21(15)36)24(37)34(12-30-18)11-25(27,28)29/h5,7,9-10,12-14,19-20,23,36H,2-4,6,8,11H2,1H3/t14?,19?,20-,23+/m0/s1. The highest BCUT2D eigenvalue weighted by atomic mass is 19.4.